The molecule has 27 heavy (non-hydrogen) atoms. The van der Waals surface area contributed by atoms with Gasteiger partial charge in [-0.25, -0.2) is 12.8 Å². The number of anilines is 1. The highest BCUT2D eigenvalue weighted by molar-refractivity contribution is 7.92. The smallest absolute Gasteiger partial charge is 0.236 e. The Morgan fingerprint density at radius 2 is 1.63 bits per heavy atom. The highest BCUT2D eigenvalue weighted by atomic mass is 32.2. The Hall–Kier alpha value is -2.62. The number of nitrogens with zero attached hydrogens (tertiary/aromatic N) is 2. The van der Waals surface area contributed by atoms with Crippen molar-refractivity contribution >= 4 is 15.7 Å². The van der Waals surface area contributed by atoms with Crippen LogP contribution in [0.3, 0.4) is 0 Å². The molecule has 1 aliphatic rings. The van der Waals surface area contributed by atoms with E-state index in [2.05, 4.69) is 16.7 Å². The molecular formula is C21H21FN2O2S. The van der Waals surface area contributed by atoms with Gasteiger partial charge in [-0.3, -0.25) is 0 Å². The predicted molar refractivity (Wildman–Crippen MR) is 106 cm³/mol. The molecular weight excluding hydrogens is 363 g/mol. The van der Waals surface area contributed by atoms with Crippen LogP contribution in [-0.4, -0.2) is 38.9 Å². The molecule has 0 saturated carbocycles. The number of rotatable bonds is 4. The van der Waals surface area contributed by atoms with E-state index in [4.69, 9.17) is 0 Å². The molecule has 2 aromatic carbocycles. The Balaban J connectivity index is 1.53. The van der Waals surface area contributed by atoms with E-state index >= 15 is 0 Å². The van der Waals surface area contributed by atoms with E-state index in [0.717, 1.165) is 11.3 Å². The Labute approximate surface area is 160 Å². The third-order valence-electron chi connectivity index (χ3n) is 4.35. The zero-order chi connectivity index (χ0) is 19.1. The van der Waals surface area contributed by atoms with E-state index in [0.29, 0.717) is 32.6 Å². The molecule has 0 N–H and O–H groups in total. The van der Waals surface area contributed by atoms with Crippen LogP contribution in [0, 0.1) is 17.7 Å². The molecule has 0 unspecified atom stereocenters. The summed E-state index contributed by atoms with van der Waals surface area (Å²) in [5.74, 6) is 5.46. The van der Waals surface area contributed by atoms with Gasteiger partial charge in [0.15, 0.2) is 0 Å². The second-order valence-corrected chi connectivity index (χ2v) is 8.01. The van der Waals surface area contributed by atoms with Crippen molar-refractivity contribution in [1.29, 1.82) is 0 Å². The minimum absolute atomic E-state index is 0.279. The lowest BCUT2D eigenvalue weighted by atomic mass is 10.2. The van der Waals surface area contributed by atoms with Crippen LogP contribution >= 0.6 is 0 Å². The number of piperazine rings is 1. The molecule has 0 amide bonds. The summed E-state index contributed by atoms with van der Waals surface area (Å²) in [4.78, 5) is 2.05. The van der Waals surface area contributed by atoms with E-state index in [1.165, 1.54) is 27.9 Å². The van der Waals surface area contributed by atoms with E-state index in [1.54, 1.807) is 12.1 Å². The highest BCUT2D eigenvalue weighted by Gasteiger charge is 2.25. The summed E-state index contributed by atoms with van der Waals surface area (Å²) in [5.41, 5.74) is 1.99. The third-order valence-corrected chi connectivity index (χ3v) is 5.92. The lowest BCUT2D eigenvalue weighted by Crippen LogP contribution is -2.48. The number of hydrogen-bond donors (Lipinski definition) is 0. The molecule has 1 aliphatic heterocycles. The van der Waals surface area contributed by atoms with Gasteiger partial charge in [0.25, 0.3) is 0 Å². The number of hydrogen-bond acceptors (Lipinski definition) is 3. The molecule has 140 valence electrons. The predicted octanol–water partition coefficient (Wildman–Crippen LogP) is 3.04. The summed E-state index contributed by atoms with van der Waals surface area (Å²) in [6.07, 6.45) is 1.98. The average molecular weight is 384 g/mol. The first-order chi connectivity index (χ1) is 13.0. The molecule has 2 aromatic rings. The summed E-state index contributed by atoms with van der Waals surface area (Å²) in [7, 11) is -3.48. The van der Waals surface area contributed by atoms with Crippen LogP contribution in [0.15, 0.2) is 66.1 Å². The van der Waals surface area contributed by atoms with E-state index < -0.39 is 10.0 Å². The molecule has 0 atom stereocenters. The molecule has 3 rings (SSSR count). The first-order valence-corrected chi connectivity index (χ1v) is 10.2. The summed E-state index contributed by atoms with van der Waals surface area (Å²) < 4.78 is 39.3. The maximum absolute atomic E-state index is 13.0. The van der Waals surface area contributed by atoms with Gasteiger partial charge in [-0.15, -0.1) is 0 Å². The van der Waals surface area contributed by atoms with Crippen molar-refractivity contribution in [3.05, 3.63) is 77.5 Å². The van der Waals surface area contributed by atoms with Gasteiger partial charge in [-0.1, -0.05) is 42.2 Å². The molecule has 0 aromatic heterocycles. The average Bonchev–Trinajstić information content (AvgIpc) is 2.69. The molecule has 0 bridgehead atoms. The molecule has 1 saturated heterocycles. The van der Waals surface area contributed by atoms with Gasteiger partial charge in [-0.05, 0) is 29.8 Å². The van der Waals surface area contributed by atoms with Crippen molar-refractivity contribution in [1.82, 2.24) is 4.31 Å². The van der Waals surface area contributed by atoms with E-state index in [-0.39, 0.29) is 5.82 Å². The normalized spacial score (nSPS) is 15.5. The van der Waals surface area contributed by atoms with Gasteiger partial charge in [0.1, 0.15) is 5.82 Å². The van der Waals surface area contributed by atoms with Crippen molar-refractivity contribution in [2.24, 2.45) is 0 Å². The van der Waals surface area contributed by atoms with Crippen molar-refractivity contribution in [2.45, 2.75) is 6.42 Å². The number of allylic oxidation sites excluding steroid dienone is 1. The van der Waals surface area contributed by atoms with E-state index in [1.807, 2.05) is 30.3 Å². The van der Waals surface area contributed by atoms with Crippen molar-refractivity contribution in [3.8, 4) is 11.8 Å². The van der Waals surface area contributed by atoms with Gasteiger partial charge in [0, 0.05) is 44.4 Å². The first-order valence-electron chi connectivity index (χ1n) is 8.74. The van der Waals surface area contributed by atoms with E-state index in [9.17, 15) is 12.8 Å². The fourth-order valence-electron chi connectivity index (χ4n) is 2.87. The molecule has 0 spiro atoms. The zero-order valence-corrected chi connectivity index (χ0v) is 15.7. The van der Waals surface area contributed by atoms with Gasteiger partial charge in [0.2, 0.25) is 10.0 Å². The van der Waals surface area contributed by atoms with Crippen molar-refractivity contribution < 1.29 is 12.8 Å². The van der Waals surface area contributed by atoms with Crippen molar-refractivity contribution in [3.63, 3.8) is 0 Å². The van der Waals surface area contributed by atoms with Crippen LogP contribution in [0.4, 0.5) is 10.1 Å². The van der Waals surface area contributed by atoms with Crippen molar-refractivity contribution in [2.75, 3.05) is 31.1 Å². The van der Waals surface area contributed by atoms with Gasteiger partial charge in [-0.2, -0.15) is 4.31 Å². The standard InChI is InChI=1S/C21H21FN2O2S/c22-20-10-12-21(13-11-20)23-14-16-24(17-15-23)27(25,26)18-6-2-5-9-19-7-3-1-4-8-19/h1,3-4,6-8,10-13,18H,9,14-17H2/b18-6+. The van der Waals surface area contributed by atoms with Crippen LogP contribution in [0.25, 0.3) is 0 Å². The first kappa shape index (κ1) is 19.2. The van der Waals surface area contributed by atoms with Crippen LogP contribution in [-0.2, 0) is 16.4 Å². The second kappa shape index (κ2) is 8.85. The fraction of sp³-hybridized carbons (Fsp3) is 0.238. The largest absolute Gasteiger partial charge is 0.369 e. The zero-order valence-electron chi connectivity index (χ0n) is 14.9. The summed E-state index contributed by atoms with van der Waals surface area (Å²) >= 11 is 0. The maximum Gasteiger partial charge on any atom is 0.236 e. The molecule has 0 aliphatic carbocycles. The Morgan fingerprint density at radius 1 is 0.963 bits per heavy atom. The number of halogens is 1. The van der Waals surface area contributed by atoms with Crippen LogP contribution in [0.5, 0.6) is 0 Å². The van der Waals surface area contributed by atoms with Crippen LogP contribution in [0.1, 0.15) is 5.56 Å². The fourth-order valence-corrected chi connectivity index (χ4v) is 3.95. The maximum atomic E-state index is 13.0. The Morgan fingerprint density at radius 3 is 2.30 bits per heavy atom. The van der Waals surface area contributed by atoms with Gasteiger partial charge < -0.3 is 4.90 Å². The Bertz CT molecular complexity index is 937. The lowest BCUT2D eigenvalue weighted by Gasteiger charge is -2.34. The molecule has 4 nitrogen and oxygen atoms in total. The Kier molecular flexibility index (Phi) is 6.28. The quantitative estimate of drug-likeness (QED) is 0.761. The molecule has 1 heterocycles. The molecule has 0 radical (unpaired) electrons. The second-order valence-electron chi connectivity index (χ2n) is 6.19. The molecule has 6 heteroatoms. The topological polar surface area (TPSA) is 40.6 Å². The highest BCUT2D eigenvalue weighted by Crippen LogP contribution is 2.18. The summed E-state index contributed by atoms with van der Waals surface area (Å²) in [6, 6.07) is 16.0. The molecule has 1 fully saturated rings. The summed E-state index contributed by atoms with van der Waals surface area (Å²) in [6.45, 7) is 1.92. The third kappa shape index (κ3) is 5.43. The number of benzene rings is 2. The SMILES string of the molecule is O=S(=O)(/C=C/C#CCc1ccccc1)N1CCN(c2ccc(F)cc2)CC1. The minimum atomic E-state index is -3.48. The summed E-state index contributed by atoms with van der Waals surface area (Å²) in [5, 5.41) is 1.17. The van der Waals surface area contributed by atoms with Gasteiger partial charge in [0.05, 0.1) is 5.41 Å². The minimum Gasteiger partial charge on any atom is -0.369 e. The monoisotopic (exact) mass is 384 g/mol. The van der Waals surface area contributed by atoms with Crippen LogP contribution in [0.2, 0.25) is 0 Å². The number of sulfonamides is 1. The van der Waals surface area contributed by atoms with Gasteiger partial charge >= 0.3 is 0 Å². The lowest BCUT2D eigenvalue weighted by molar-refractivity contribution is 0.390. The van der Waals surface area contributed by atoms with Crippen LogP contribution < -0.4 is 4.90 Å².